The molecule has 0 aliphatic heterocycles. The molecule has 84 heavy (non-hydrogen) atoms. The molecule has 0 aliphatic carbocycles. The summed E-state index contributed by atoms with van der Waals surface area (Å²) in [6.07, 6.45) is 0. The van der Waals surface area contributed by atoms with Gasteiger partial charge in [0, 0.05) is 49.4 Å². The van der Waals surface area contributed by atoms with Crippen molar-refractivity contribution >= 4 is 43.6 Å². The second kappa shape index (κ2) is 20.3. The van der Waals surface area contributed by atoms with Gasteiger partial charge in [0.2, 0.25) is 0 Å². The van der Waals surface area contributed by atoms with E-state index in [0.717, 1.165) is 61.3 Å². The zero-order valence-electron chi connectivity index (χ0n) is 50.6. The third-order valence-corrected chi connectivity index (χ3v) is 17.0. The molecule has 5 nitrogen and oxygen atoms in total. The minimum absolute atomic E-state index is 0.118. The summed E-state index contributed by atoms with van der Waals surface area (Å²) in [5, 5.41) is 4.79. The van der Waals surface area contributed by atoms with E-state index >= 15 is 0 Å². The standard InChI is InChI=1S/C79H73N5/c1-76(2,3)57-41-55(42-58(48-57)77(4,5)6)74-80-73(81-75(82-74)56-43-59(78(7,8)9)49-60(44-56)79(10,11)12)54-37-40-70(83-67-32-22-19-29-61(67)62-30-20-23-33-68(62)83)64(47-54)63-31-21-24-34-69(63)84-71-38-35-52(50-25-15-13-16-26-50)45-65(71)66-46-53(36-39-72(66)84)51-27-17-14-18-28-51/h13-49H,1-12H3. The highest BCUT2D eigenvalue weighted by Gasteiger charge is 2.27. The van der Waals surface area contributed by atoms with Gasteiger partial charge in [0.05, 0.1) is 33.4 Å². The lowest BCUT2D eigenvalue weighted by molar-refractivity contribution is 0.568. The van der Waals surface area contributed by atoms with Crippen LogP contribution in [0.15, 0.2) is 224 Å². The second-order valence-electron chi connectivity index (χ2n) is 27.1. The smallest absolute Gasteiger partial charge is 0.164 e. The third kappa shape index (κ3) is 9.89. The van der Waals surface area contributed by atoms with Crippen molar-refractivity contribution < 1.29 is 0 Å². The number of hydrogen-bond acceptors (Lipinski definition) is 3. The highest BCUT2D eigenvalue weighted by Crippen LogP contribution is 2.45. The molecule has 3 heterocycles. The lowest BCUT2D eigenvalue weighted by Crippen LogP contribution is -2.17. The Bertz CT molecular complexity index is 4370. The van der Waals surface area contributed by atoms with Crippen molar-refractivity contribution in [1.82, 2.24) is 24.1 Å². The molecule has 0 atom stereocenters. The zero-order valence-corrected chi connectivity index (χ0v) is 50.6. The van der Waals surface area contributed by atoms with Crippen LogP contribution < -0.4 is 0 Å². The third-order valence-electron chi connectivity index (χ3n) is 17.0. The summed E-state index contributed by atoms with van der Waals surface area (Å²) in [5.74, 6) is 1.90. The largest absolute Gasteiger partial charge is 0.309 e. The first-order valence-electron chi connectivity index (χ1n) is 29.7. The molecule has 13 rings (SSSR count). The average molecular weight is 1090 g/mol. The molecule has 0 aliphatic rings. The maximum atomic E-state index is 5.60. The molecule has 0 N–H and O–H groups in total. The maximum absolute atomic E-state index is 5.60. The number of aromatic nitrogens is 5. The van der Waals surface area contributed by atoms with Crippen LogP contribution >= 0.6 is 0 Å². The molecule has 0 radical (unpaired) electrons. The van der Waals surface area contributed by atoms with Gasteiger partial charge in [-0.15, -0.1) is 0 Å². The monoisotopic (exact) mass is 1090 g/mol. The number of benzene rings is 10. The van der Waals surface area contributed by atoms with Gasteiger partial charge in [-0.05, 0) is 151 Å². The molecular formula is C79H73N5. The van der Waals surface area contributed by atoms with Crippen molar-refractivity contribution in [2.45, 2.75) is 105 Å². The van der Waals surface area contributed by atoms with E-state index in [-0.39, 0.29) is 21.7 Å². The molecule has 0 saturated carbocycles. The van der Waals surface area contributed by atoms with Crippen LogP contribution in [-0.2, 0) is 21.7 Å². The van der Waals surface area contributed by atoms with E-state index in [2.05, 4.69) is 317 Å². The van der Waals surface area contributed by atoms with Crippen LogP contribution in [0.25, 0.3) is 123 Å². The minimum atomic E-state index is -0.118. The van der Waals surface area contributed by atoms with Gasteiger partial charge < -0.3 is 9.13 Å². The van der Waals surface area contributed by atoms with E-state index in [4.69, 9.17) is 15.0 Å². The number of rotatable bonds is 8. The van der Waals surface area contributed by atoms with Gasteiger partial charge in [0.25, 0.3) is 0 Å². The Labute approximate surface area is 495 Å². The first-order valence-corrected chi connectivity index (χ1v) is 29.7. The normalized spacial score (nSPS) is 12.5. The Morgan fingerprint density at radius 3 is 1.01 bits per heavy atom. The van der Waals surface area contributed by atoms with Crippen LogP contribution in [0.5, 0.6) is 0 Å². The Balaban J connectivity index is 1.11. The van der Waals surface area contributed by atoms with Crippen LogP contribution in [0.1, 0.15) is 105 Å². The summed E-state index contributed by atoms with van der Waals surface area (Å²) >= 11 is 0. The second-order valence-corrected chi connectivity index (χ2v) is 27.1. The molecule has 0 unspecified atom stereocenters. The molecule has 0 bridgehead atoms. The van der Waals surface area contributed by atoms with E-state index in [1.54, 1.807) is 0 Å². The Morgan fingerprint density at radius 2 is 0.583 bits per heavy atom. The average Bonchev–Trinajstić information content (AvgIpc) is 1.73. The molecule has 0 amide bonds. The summed E-state index contributed by atoms with van der Waals surface area (Å²) in [5.41, 5.74) is 20.8. The Morgan fingerprint density at radius 1 is 0.238 bits per heavy atom. The lowest BCUT2D eigenvalue weighted by atomic mass is 9.79. The van der Waals surface area contributed by atoms with E-state index in [0.29, 0.717) is 17.5 Å². The fourth-order valence-electron chi connectivity index (χ4n) is 12.1. The fourth-order valence-corrected chi connectivity index (χ4v) is 12.1. The summed E-state index contributed by atoms with van der Waals surface area (Å²) in [6.45, 7) is 27.5. The highest BCUT2D eigenvalue weighted by molar-refractivity contribution is 6.13. The number of hydrogen-bond donors (Lipinski definition) is 0. The van der Waals surface area contributed by atoms with Gasteiger partial charge in [-0.3, -0.25) is 0 Å². The maximum Gasteiger partial charge on any atom is 0.164 e. The van der Waals surface area contributed by atoms with Gasteiger partial charge in [-0.25, -0.2) is 15.0 Å². The van der Waals surface area contributed by atoms with Crippen molar-refractivity contribution in [2.24, 2.45) is 0 Å². The first kappa shape index (κ1) is 54.1. The number of para-hydroxylation sites is 3. The molecule has 0 spiro atoms. The highest BCUT2D eigenvalue weighted by atomic mass is 15.0. The summed E-state index contributed by atoms with van der Waals surface area (Å²) in [6, 6.07) is 82.7. The van der Waals surface area contributed by atoms with Gasteiger partial charge in [0.15, 0.2) is 17.5 Å². The SMILES string of the molecule is CC(C)(C)c1cc(-c2nc(-c3cc(C(C)(C)C)cc(C(C)(C)C)c3)nc(-c3ccc(-n4c5ccccc5c5ccccc54)c(-c4ccccc4-n4c5ccc(-c6ccccc6)cc5c5cc(-c6ccccc6)ccc54)c3)n2)cc(C(C)(C)C)c1. The van der Waals surface area contributed by atoms with E-state index in [1.165, 1.54) is 66.1 Å². The van der Waals surface area contributed by atoms with Crippen LogP contribution in [0.4, 0.5) is 0 Å². The van der Waals surface area contributed by atoms with E-state index in [9.17, 15) is 0 Å². The van der Waals surface area contributed by atoms with Crippen LogP contribution in [0.2, 0.25) is 0 Å². The predicted molar refractivity (Wildman–Crippen MR) is 356 cm³/mol. The van der Waals surface area contributed by atoms with Crippen molar-refractivity contribution in [3.63, 3.8) is 0 Å². The summed E-state index contributed by atoms with van der Waals surface area (Å²) < 4.78 is 4.93. The topological polar surface area (TPSA) is 48.5 Å². The number of nitrogens with zero attached hydrogens (tertiary/aromatic N) is 5. The fraction of sp³-hybridized carbons (Fsp3) is 0.203. The van der Waals surface area contributed by atoms with Gasteiger partial charge in [-0.1, -0.05) is 223 Å². The van der Waals surface area contributed by atoms with Gasteiger partial charge >= 0.3 is 0 Å². The van der Waals surface area contributed by atoms with Crippen LogP contribution in [-0.4, -0.2) is 24.1 Å². The molecule has 0 saturated heterocycles. The zero-order chi connectivity index (χ0) is 58.5. The van der Waals surface area contributed by atoms with Crippen molar-refractivity contribution in [3.8, 4) is 78.9 Å². The van der Waals surface area contributed by atoms with Crippen LogP contribution in [0.3, 0.4) is 0 Å². The van der Waals surface area contributed by atoms with Gasteiger partial charge in [0.1, 0.15) is 0 Å². The first-order chi connectivity index (χ1) is 40.2. The van der Waals surface area contributed by atoms with E-state index in [1.807, 2.05) is 0 Å². The van der Waals surface area contributed by atoms with Crippen molar-refractivity contribution in [2.75, 3.05) is 0 Å². The number of fused-ring (bicyclic) bond motifs is 6. The molecule has 414 valence electrons. The Kier molecular flexibility index (Phi) is 13.1. The van der Waals surface area contributed by atoms with E-state index < -0.39 is 0 Å². The predicted octanol–water partition coefficient (Wildman–Crippen LogP) is 21.3. The summed E-state index contributed by atoms with van der Waals surface area (Å²) in [7, 11) is 0. The molecule has 13 aromatic rings. The minimum Gasteiger partial charge on any atom is -0.309 e. The summed E-state index contributed by atoms with van der Waals surface area (Å²) in [4.78, 5) is 16.7. The lowest BCUT2D eigenvalue weighted by Gasteiger charge is -2.26. The molecule has 10 aromatic carbocycles. The van der Waals surface area contributed by atoms with Crippen molar-refractivity contribution in [3.05, 3.63) is 247 Å². The quantitative estimate of drug-likeness (QED) is 0.152. The Hall–Kier alpha value is -9.19. The molecule has 0 fully saturated rings. The van der Waals surface area contributed by atoms with Crippen molar-refractivity contribution in [1.29, 1.82) is 0 Å². The van der Waals surface area contributed by atoms with Crippen LogP contribution in [0, 0.1) is 0 Å². The van der Waals surface area contributed by atoms with Gasteiger partial charge in [-0.2, -0.15) is 0 Å². The molecule has 3 aromatic heterocycles. The molecular weight excluding hydrogens is 1020 g/mol. The molecule has 5 heteroatoms.